The number of fused-ring (bicyclic) bond motifs is 1. The quantitative estimate of drug-likeness (QED) is 0.587. The van der Waals surface area contributed by atoms with Crippen molar-refractivity contribution in [1.82, 2.24) is 14.9 Å². The zero-order valence-corrected chi connectivity index (χ0v) is 17.9. The fourth-order valence-electron chi connectivity index (χ4n) is 3.34. The van der Waals surface area contributed by atoms with E-state index in [0.717, 1.165) is 45.2 Å². The number of benzene rings is 2. The molecule has 1 aliphatic rings. The Morgan fingerprint density at radius 1 is 1.21 bits per heavy atom. The van der Waals surface area contributed by atoms with Crippen LogP contribution < -0.4 is 9.64 Å². The number of methoxy groups -OCH3 is 1. The lowest BCUT2D eigenvalue weighted by atomic mass is 10.2. The van der Waals surface area contributed by atoms with Gasteiger partial charge in [0.05, 0.1) is 29.6 Å². The molecule has 0 atom stereocenters. The number of piperazine rings is 1. The Hall–Kier alpha value is -2.19. The van der Waals surface area contributed by atoms with Crippen molar-refractivity contribution in [1.29, 1.82) is 0 Å². The van der Waals surface area contributed by atoms with Crippen LogP contribution in [0.4, 0.5) is 5.69 Å². The Kier molecular flexibility index (Phi) is 5.77. The molecule has 1 amide bonds. The van der Waals surface area contributed by atoms with Gasteiger partial charge in [0.2, 0.25) is 5.91 Å². The number of imidazole rings is 1. The summed E-state index contributed by atoms with van der Waals surface area (Å²) in [7, 11) is 1.69. The molecule has 0 radical (unpaired) electrons. The van der Waals surface area contributed by atoms with Gasteiger partial charge in [-0.1, -0.05) is 39.8 Å². The van der Waals surface area contributed by atoms with Crippen LogP contribution in [0, 0.1) is 0 Å². The average molecular weight is 461 g/mol. The van der Waals surface area contributed by atoms with E-state index in [1.54, 1.807) is 7.11 Å². The fraction of sp³-hybridized carbons (Fsp3) is 0.300. The van der Waals surface area contributed by atoms with E-state index in [0.29, 0.717) is 18.8 Å². The number of ether oxygens (including phenoxy) is 1. The largest absolute Gasteiger partial charge is 0.495 e. The summed E-state index contributed by atoms with van der Waals surface area (Å²) in [6, 6.07) is 13.9. The van der Waals surface area contributed by atoms with Crippen molar-refractivity contribution in [3.05, 3.63) is 46.9 Å². The molecule has 1 aromatic heterocycles. The predicted octanol–water partition coefficient (Wildman–Crippen LogP) is 3.77. The van der Waals surface area contributed by atoms with Gasteiger partial charge in [-0.05, 0) is 30.3 Å². The number of aromatic amines is 1. The number of amides is 1. The molecule has 3 aromatic rings. The fourth-order valence-corrected chi connectivity index (χ4v) is 4.48. The summed E-state index contributed by atoms with van der Waals surface area (Å²) in [5.74, 6) is 1.40. The van der Waals surface area contributed by atoms with Gasteiger partial charge in [0, 0.05) is 30.7 Å². The summed E-state index contributed by atoms with van der Waals surface area (Å²) in [4.78, 5) is 24.6. The third-order valence-corrected chi connectivity index (χ3v) is 6.16. The molecular formula is C20H21BrN4O2S. The van der Waals surface area contributed by atoms with E-state index in [2.05, 4.69) is 36.9 Å². The Morgan fingerprint density at radius 2 is 2.00 bits per heavy atom. The first-order chi connectivity index (χ1) is 13.6. The van der Waals surface area contributed by atoms with Crippen LogP contribution in [-0.2, 0) is 4.79 Å². The molecule has 1 saturated heterocycles. The zero-order valence-electron chi connectivity index (χ0n) is 15.5. The van der Waals surface area contributed by atoms with Crippen molar-refractivity contribution in [3.8, 4) is 5.75 Å². The van der Waals surface area contributed by atoms with Crippen molar-refractivity contribution in [3.63, 3.8) is 0 Å². The highest BCUT2D eigenvalue weighted by atomic mass is 79.9. The van der Waals surface area contributed by atoms with Gasteiger partial charge in [-0.25, -0.2) is 4.98 Å². The molecule has 2 heterocycles. The number of H-pyrrole nitrogens is 1. The number of hydrogen-bond donors (Lipinski definition) is 1. The molecule has 4 rings (SSSR count). The number of thioether (sulfide) groups is 1. The highest BCUT2D eigenvalue weighted by molar-refractivity contribution is 9.10. The number of nitrogens with one attached hydrogen (secondary N) is 1. The summed E-state index contributed by atoms with van der Waals surface area (Å²) in [5, 5.41) is 0.772. The highest BCUT2D eigenvalue weighted by Gasteiger charge is 2.23. The van der Waals surface area contributed by atoms with Gasteiger partial charge in [-0.2, -0.15) is 0 Å². The van der Waals surface area contributed by atoms with E-state index in [-0.39, 0.29) is 5.91 Å². The Bertz CT molecular complexity index is 985. The number of hydrogen-bond acceptors (Lipinski definition) is 5. The van der Waals surface area contributed by atoms with Crippen LogP contribution in [0.15, 0.2) is 52.1 Å². The number of nitrogens with zero attached hydrogens (tertiary/aromatic N) is 3. The number of carbonyl (C=O) groups is 1. The molecule has 0 spiro atoms. The van der Waals surface area contributed by atoms with E-state index >= 15 is 0 Å². The van der Waals surface area contributed by atoms with Gasteiger partial charge < -0.3 is 19.5 Å². The molecule has 1 N–H and O–H groups in total. The standard InChI is InChI=1S/C20H21BrN4O2S/c1-27-18-5-3-2-4-17(18)24-8-10-25(11-9-24)19(26)13-28-20-22-15-7-6-14(21)12-16(15)23-20/h2-7,12H,8-11,13H2,1H3,(H,22,23). The lowest BCUT2D eigenvalue weighted by Gasteiger charge is -2.36. The van der Waals surface area contributed by atoms with Gasteiger partial charge in [-0.3, -0.25) is 4.79 Å². The summed E-state index contributed by atoms with van der Waals surface area (Å²) in [5.41, 5.74) is 2.96. The van der Waals surface area contributed by atoms with Crippen LogP contribution in [0.5, 0.6) is 5.75 Å². The number of carbonyl (C=O) groups excluding carboxylic acids is 1. The van der Waals surface area contributed by atoms with Crippen LogP contribution in [-0.4, -0.2) is 59.8 Å². The van der Waals surface area contributed by atoms with Crippen LogP contribution in [0.25, 0.3) is 11.0 Å². The average Bonchev–Trinajstić information content (AvgIpc) is 3.14. The number of para-hydroxylation sites is 2. The number of aromatic nitrogens is 2. The molecule has 1 fully saturated rings. The minimum atomic E-state index is 0.145. The molecule has 0 saturated carbocycles. The lowest BCUT2D eigenvalue weighted by Crippen LogP contribution is -2.49. The Morgan fingerprint density at radius 3 is 2.79 bits per heavy atom. The van der Waals surface area contributed by atoms with Crippen molar-refractivity contribution < 1.29 is 9.53 Å². The van der Waals surface area contributed by atoms with Crippen molar-refractivity contribution in [2.75, 3.05) is 43.9 Å². The number of anilines is 1. The Labute approximate surface area is 176 Å². The van der Waals surface area contributed by atoms with E-state index in [9.17, 15) is 4.79 Å². The first-order valence-electron chi connectivity index (χ1n) is 9.08. The minimum absolute atomic E-state index is 0.145. The maximum absolute atomic E-state index is 12.6. The Balaban J connectivity index is 1.32. The monoisotopic (exact) mass is 460 g/mol. The SMILES string of the molecule is COc1ccccc1N1CCN(C(=O)CSc2nc3ccc(Br)cc3[nH]2)CC1. The predicted molar refractivity (Wildman–Crippen MR) is 116 cm³/mol. The molecular weight excluding hydrogens is 440 g/mol. The van der Waals surface area contributed by atoms with Crippen molar-refractivity contribution >= 4 is 50.3 Å². The molecule has 146 valence electrons. The summed E-state index contributed by atoms with van der Waals surface area (Å²) in [6.45, 7) is 3.03. The molecule has 1 aliphatic heterocycles. The number of rotatable bonds is 5. The van der Waals surface area contributed by atoms with Gasteiger partial charge >= 0.3 is 0 Å². The van der Waals surface area contributed by atoms with Crippen LogP contribution in [0.3, 0.4) is 0 Å². The first kappa shape index (κ1) is 19.1. The van der Waals surface area contributed by atoms with Gasteiger partial charge in [0.1, 0.15) is 5.75 Å². The summed E-state index contributed by atoms with van der Waals surface area (Å²) in [6.07, 6.45) is 0. The second kappa shape index (κ2) is 8.45. The van der Waals surface area contributed by atoms with Crippen LogP contribution >= 0.6 is 27.7 Å². The smallest absolute Gasteiger partial charge is 0.233 e. The van der Waals surface area contributed by atoms with Crippen LogP contribution in [0.1, 0.15) is 0 Å². The number of halogens is 1. The second-order valence-corrected chi connectivity index (χ2v) is 8.41. The molecule has 0 aliphatic carbocycles. The van der Waals surface area contributed by atoms with Crippen molar-refractivity contribution in [2.45, 2.75) is 5.16 Å². The van der Waals surface area contributed by atoms with Gasteiger partial charge in [0.25, 0.3) is 0 Å². The zero-order chi connectivity index (χ0) is 19.5. The molecule has 0 bridgehead atoms. The maximum atomic E-state index is 12.6. The lowest BCUT2D eigenvalue weighted by molar-refractivity contribution is -0.128. The van der Waals surface area contributed by atoms with E-state index in [1.807, 2.05) is 41.3 Å². The molecule has 0 unspecified atom stereocenters. The third-order valence-electron chi connectivity index (χ3n) is 4.81. The van der Waals surface area contributed by atoms with E-state index in [4.69, 9.17) is 4.74 Å². The second-order valence-electron chi connectivity index (χ2n) is 6.53. The highest BCUT2D eigenvalue weighted by Crippen LogP contribution is 2.28. The molecule has 28 heavy (non-hydrogen) atoms. The van der Waals surface area contributed by atoms with Gasteiger partial charge in [-0.15, -0.1) is 0 Å². The molecule has 8 heteroatoms. The van der Waals surface area contributed by atoms with E-state index < -0.39 is 0 Å². The summed E-state index contributed by atoms with van der Waals surface area (Å²) < 4.78 is 6.46. The van der Waals surface area contributed by atoms with Crippen LogP contribution in [0.2, 0.25) is 0 Å². The molecule has 6 nitrogen and oxygen atoms in total. The van der Waals surface area contributed by atoms with E-state index in [1.165, 1.54) is 11.8 Å². The minimum Gasteiger partial charge on any atom is -0.495 e. The topological polar surface area (TPSA) is 61.5 Å². The third kappa shape index (κ3) is 4.12. The summed E-state index contributed by atoms with van der Waals surface area (Å²) >= 11 is 4.91. The van der Waals surface area contributed by atoms with Gasteiger partial charge in [0.15, 0.2) is 5.16 Å². The first-order valence-corrected chi connectivity index (χ1v) is 10.9. The maximum Gasteiger partial charge on any atom is 0.233 e. The molecule has 2 aromatic carbocycles. The van der Waals surface area contributed by atoms with Crippen molar-refractivity contribution in [2.24, 2.45) is 0 Å². The normalized spacial score (nSPS) is 14.5.